The van der Waals surface area contributed by atoms with Gasteiger partial charge in [0.2, 0.25) is 5.16 Å². The van der Waals surface area contributed by atoms with Crippen LogP contribution >= 0.6 is 11.8 Å². The monoisotopic (exact) mass is 422 g/mol. The van der Waals surface area contributed by atoms with Crippen molar-refractivity contribution in [2.45, 2.75) is 43.0 Å². The predicted octanol–water partition coefficient (Wildman–Crippen LogP) is 5.09. The van der Waals surface area contributed by atoms with E-state index in [9.17, 15) is 4.79 Å². The number of anilines is 1. The Hall–Kier alpha value is -2.80. The molecule has 3 aromatic rings. The number of aromatic nitrogens is 3. The third-order valence-corrected chi connectivity index (χ3v) is 6.32. The number of nitrogens with one attached hydrogen (secondary N) is 2. The molecular weight excluding hydrogens is 396 g/mol. The van der Waals surface area contributed by atoms with E-state index in [1.165, 1.54) is 25.7 Å². The second-order valence-corrected chi connectivity index (χ2v) is 8.53. The Labute approximate surface area is 180 Å². The van der Waals surface area contributed by atoms with Gasteiger partial charge in [-0.1, -0.05) is 49.6 Å². The van der Waals surface area contributed by atoms with E-state index in [0.717, 1.165) is 46.1 Å². The zero-order valence-corrected chi connectivity index (χ0v) is 17.9. The summed E-state index contributed by atoms with van der Waals surface area (Å²) in [5.74, 6) is 3.14. The zero-order valence-electron chi connectivity index (χ0n) is 17.1. The SMILES string of the molecule is COc1ccc(NC(=O)c2ccc(CSc3n[nH]c(CC4CCCC4)n3)cc2)cc1. The second kappa shape index (κ2) is 9.80. The third-order valence-electron chi connectivity index (χ3n) is 5.40. The maximum Gasteiger partial charge on any atom is 0.255 e. The van der Waals surface area contributed by atoms with Crippen LogP contribution in [0, 0.1) is 5.92 Å². The minimum absolute atomic E-state index is 0.134. The van der Waals surface area contributed by atoms with Crippen LogP contribution in [0.25, 0.3) is 0 Å². The number of hydrogen-bond donors (Lipinski definition) is 2. The maximum atomic E-state index is 12.4. The molecule has 1 aromatic heterocycles. The van der Waals surface area contributed by atoms with E-state index in [1.54, 1.807) is 18.9 Å². The molecule has 1 aliphatic carbocycles. The van der Waals surface area contributed by atoms with Crippen molar-refractivity contribution in [1.29, 1.82) is 0 Å². The molecule has 0 aliphatic heterocycles. The van der Waals surface area contributed by atoms with Crippen molar-refractivity contribution in [1.82, 2.24) is 15.2 Å². The van der Waals surface area contributed by atoms with Gasteiger partial charge in [-0.15, -0.1) is 5.10 Å². The molecule has 1 fully saturated rings. The van der Waals surface area contributed by atoms with E-state index in [1.807, 2.05) is 48.5 Å². The van der Waals surface area contributed by atoms with Gasteiger partial charge in [-0.05, 0) is 47.9 Å². The number of carbonyl (C=O) groups is 1. The number of benzene rings is 2. The average Bonchev–Trinajstić information content (AvgIpc) is 3.45. The average molecular weight is 423 g/mol. The molecule has 7 heteroatoms. The van der Waals surface area contributed by atoms with Gasteiger partial charge in [0.1, 0.15) is 11.6 Å². The van der Waals surface area contributed by atoms with Crippen molar-refractivity contribution in [3.05, 3.63) is 65.5 Å². The number of thioether (sulfide) groups is 1. The van der Waals surface area contributed by atoms with Crippen LogP contribution in [-0.4, -0.2) is 28.2 Å². The molecule has 0 unspecified atom stereocenters. The fourth-order valence-electron chi connectivity index (χ4n) is 3.70. The predicted molar refractivity (Wildman–Crippen MR) is 119 cm³/mol. The lowest BCUT2D eigenvalue weighted by Gasteiger charge is -2.07. The maximum absolute atomic E-state index is 12.4. The molecule has 0 saturated heterocycles. The fourth-order valence-corrected chi connectivity index (χ4v) is 4.47. The first kappa shape index (κ1) is 20.5. The summed E-state index contributed by atoms with van der Waals surface area (Å²) in [6.07, 6.45) is 6.30. The Morgan fingerprint density at radius 2 is 1.87 bits per heavy atom. The van der Waals surface area contributed by atoms with E-state index in [2.05, 4.69) is 20.5 Å². The van der Waals surface area contributed by atoms with Crippen molar-refractivity contribution in [2.75, 3.05) is 12.4 Å². The number of methoxy groups -OCH3 is 1. The van der Waals surface area contributed by atoms with Crippen LogP contribution in [0.1, 0.15) is 47.4 Å². The minimum Gasteiger partial charge on any atom is -0.497 e. The number of rotatable bonds is 8. The summed E-state index contributed by atoms with van der Waals surface area (Å²) in [5, 5.41) is 11.1. The molecule has 2 N–H and O–H groups in total. The molecule has 1 saturated carbocycles. The normalized spacial score (nSPS) is 14.0. The molecule has 1 amide bonds. The number of H-pyrrole nitrogens is 1. The highest BCUT2D eigenvalue weighted by Gasteiger charge is 2.17. The number of hydrogen-bond acceptors (Lipinski definition) is 5. The lowest BCUT2D eigenvalue weighted by atomic mass is 10.0. The van der Waals surface area contributed by atoms with Crippen LogP contribution in [0.3, 0.4) is 0 Å². The molecule has 0 bridgehead atoms. The molecule has 0 radical (unpaired) electrons. The van der Waals surface area contributed by atoms with E-state index in [-0.39, 0.29) is 5.91 Å². The van der Waals surface area contributed by atoms with Gasteiger partial charge < -0.3 is 10.1 Å². The largest absolute Gasteiger partial charge is 0.497 e. The Balaban J connectivity index is 1.27. The van der Waals surface area contributed by atoms with Crippen molar-refractivity contribution < 1.29 is 9.53 Å². The van der Waals surface area contributed by atoms with E-state index < -0.39 is 0 Å². The number of amides is 1. The summed E-state index contributed by atoms with van der Waals surface area (Å²) < 4.78 is 5.13. The number of nitrogens with zero attached hydrogens (tertiary/aromatic N) is 2. The number of aromatic amines is 1. The van der Waals surface area contributed by atoms with Crippen molar-refractivity contribution in [2.24, 2.45) is 5.92 Å². The Morgan fingerprint density at radius 1 is 1.13 bits per heavy atom. The highest BCUT2D eigenvalue weighted by atomic mass is 32.2. The van der Waals surface area contributed by atoms with E-state index in [4.69, 9.17) is 4.74 Å². The molecule has 2 aromatic carbocycles. The van der Waals surface area contributed by atoms with Crippen LogP contribution in [-0.2, 0) is 12.2 Å². The first-order chi connectivity index (χ1) is 14.7. The van der Waals surface area contributed by atoms with Crippen LogP contribution in [0.4, 0.5) is 5.69 Å². The van der Waals surface area contributed by atoms with Gasteiger partial charge in [-0.3, -0.25) is 9.89 Å². The Kier molecular flexibility index (Phi) is 6.69. The Morgan fingerprint density at radius 3 is 2.57 bits per heavy atom. The molecule has 0 spiro atoms. The molecule has 30 heavy (non-hydrogen) atoms. The molecule has 156 valence electrons. The quantitative estimate of drug-likeness (QED) is 0.494. The van der Waals surface area contributed by atoms with Crippen LogP contribution in [0.5, 0.6) is 5.75 Å². The van der Waals surface area contributed by atoms with Crippen molar-refractivity contribution in [3.63, 3.8) is 0 Å². The van der Waals surface area contributed by atoms with Crippen LogP contribution in [0.2, 0.25) is 0 Å². The molecule has 1 aliphatic rings. The number of carbonyl (C=O) groups excluding carboxylic acids is 1. The standard InChI is InChI=1S/C23H26N4O2S/c1-29-20-12-10-19(11-13-20)24-22(28)18-8-6-17(7-9-18)15-30-23-25-21(26-27-23)14-16-4-2-3-5-16/h6-13,16H,2-5,14-15H2,1H3,(H,24,28)(H,25,26,27). The molecule has 1 heterocycles. The highest BCUT2D eigenvalue weighted by molar-refractivity contribution is 7.98. The molecular formula is C23H26N4O2S. The first-order valence-electron chi connectivity index (χ1n) is 10.3. The van der Waals surface area contributed by atoms with Gasteiger partial charge in [0.15, 0.2) is 0 Å². The molecule has 4 rings (SSSR count). The summed E-state index contributed by atoms with van der Waals surface area (Å²) in [5.41, 5.74) is 2.48. The minimum atomic E-state index is -0.134. The van der Waals surface area contributed by atoms with Gasteiger partial charge >= 0.3 is 0 Å². The van der Waals surface area contributed by atoms with Gasteiger partial charge in [-0.2, -0.15) is 0 Å². The smallest absolute Gasteiger partial charge is 0.255 e. The lowest BCUT2D eigenvalue weighted by Crippen LogP contribution is -2.11. The van der Waals surface area contributed by atoms with Gasteiger partial charge in [0.25, 0.3) is 5.91 Å². The van der Waals surface area contributed by atoms with E-state index in [0.29, 0.717) is 5.56 Å². The van der Waals surface area contributed by atoms with Gasteiger partial charge in [0, 0.05) is 23.4 Å². The third kappa shape index (κ3) is 5.42. The summed E-state index contributed by atoms with van der Waals surface area (Å²) in [4.78, 5) is 17.0. The van der Waals surface area contributed by atoms with Gasteiger partial charge in [0.05, 0.1) is 7.11 Å². The van der Waals surface area contributed by atoms with Crippen LogP contribution in [0.15, 0.2) is 53.7 Å². The summed E-state index contributed by atoms with van der Waals surface area (Å²) in [7, 11) is 1.62. The lowest BCUT2D eigenvalue weighted by molar-refractivity contribution is 0.102. The topological polar surface area (TPSA) is 79.9 Å². The number of ether oxygens (including phenoxy) is 1. The summed E-state index contributed by atoms with van der Waals surface area (Å²) >= 11 is 1.61. The second-order valence-electron chi connectivity index (χ2n) is 7.59. The highest BCUT2D eigenvalue weighted by Crippen LogP contribution is 2.28. The zero-order chi connectivity index (χ0) is 20.8. The fraction of sp³-hybridized carbons (Fsp3) is 0.348. The van der Waals surface area contributed by atoms with Crippen molar-refractivity contribution >= 4 is 23.4 Å². The Bertz CT molecular complexity index is 964. The molecule has 6 nitrogen and oxygen atoms in total. The summed E-state index contributed by atoms with van der Waals surface area (Å²) in [6.45, 7) is 0. The van der Waals surface area contributed by atoms with E-state index >= 15 is 0 Å². The van der Waals surface area contributed by atoms with Crippen molar-refractivity contribution in [3.8, 4) is 5.75 Å². The van der Waals surface area contributed by atoms with Gasteiger partial charge in [-0.25, -0.2) is 4.98 Å². The molecule has 0 atom stereocenters. The first-order valence-corrected chi connectivity index (χ1v) is 11.3. The summed E-state index contributed by atoms with van der Waals surface area (Å²) in [6, 6.07) is 14.9. The van der Waals surface area contributed by atoms with Crippen LogP contribution < -0.4 is 10.1 Å².